The highest BCUT2D eigenvalue weighted by molar-refractivity contribution is 7.28. The number of hydrogen-bond acceptors (Lipinski definition) is 7. The van der Waals surface area contributed by atoms with E-state index in [1.807, 2.05) is 60.7 Å². The number of nitrogens with one attached hydrogen (secondary N) is 2. The molecule has 2 saturated carbocycles. The lowest BCUT2D eigenvalue weighted by Crippen LogP contribution is -2.25. The molecule has 0 saturated heterocycles. The molecule has 0 bridgehead atoms. The number of thiophene rings is 3. The third-order valence-corrected chi connectivity index (χ3v) is 11.9. The molecule has 0 radical (unpaired) electrons. The smallest absolute Gasteiger partial charge is 0.307 e. The van der Waals surface area contributed by atoms with Crippen molar-refractivity contribution in [2.24, 2.45) is 0 Å². The van der Waals surface area contributed by atoms with Crippen molar-refractivity contribution in [3.05, 3.63) is 95.1 Å². The van der Waals surface area contributed by atoms with Crippen molar-refractivity contribution in [3.63, 3.8) is 0 Å². The van der Waals surface area contributed by atoms with Crippen LogP contribution in [-0.2, 0) is 22.4 Å². The Balaban J connectivity index is 1.21. The minimum Gasteiger partial charge on any atom is -0.481 e. The predicted octanol–water partition coefficient (Wildman–Crippen LogP) is 7.58. The lowest BCUT2D eigenvalue weighted by atomic mass is 10.1. The normalized spacial score (nSPS) is 14.1. The van der Waals surface area contributed by atoms with Gasteiger partial charge in [-0.25, -0.2) is 0 Å². The summed E-state index contributed by atoms with van der Waals surface area (Å²) in [7, 11) is 0. The van der Waals surface area contributed by atoms with Crippen LogP contribution in [-0.4, -0.2) is 46.0 Å². The Morgan fingerprint density at radius 1 is 0.574 bits per heavy atom. The molecular weight excluding hydrogens is 653 g/mol. The van der Waals surface area contributed by atoms with E-state index in [1.54, 1.807) is 12.1 Å². The first-order valence-corrected chi connectivity index (χ1v) is 17.8. The topological polar surface area (TPSA) is 133 Å². The summed E-state index contributed by atoms with van der Waals surface area (Å²) < 4.78 is 0. The average molecular weight is 683 g/mol. The molecule has 0 spiro atoms. The Morgan fingerprint density at radius 2 is 1.00 bits per heavy atom. The molecule has 238 valence electrons. The number of amides is 2. The zero-order valence-electron chi connectivity index (χ0n) is 25.1. The summed E-state index contributed by atoms with van der Waals surface area (Å²) in [4.78, 5) is 54.3. The van der Waals surface area contributed by atoms with Crippen molar-refractivity contribution >= 4 is 57.8 Å². The van der Waals surface area contributed by atoms with Crippen LogP contribution in [0, 0.1) is 0 Å². The largest absolute Gasteiger partial charge is 0.481 e. The van der Waals surface area contributed by atoms with Crippen molar-refractivity contribution in [2.75, 3.05) is 0 Å². The van der Waals surface area contributed by atoms with Crippen molar-refractivity contribution < 1.29 is 29.4 Å². The molecule has 0 aliphatic heterocycles. The van der Waals surface area contributed by atoms with Crippen LogP contribution in [0.4, 0.5) is 0 Å². The molecule has 3 heterocycles. The zero-order valence-corrected chi connectivity index (χ0v) is 27.5. The van der Waals surface area contributed by atoms with Gasteiger partial charge in [-0.05, 0) is 96.5 Å². The zero-order chi connectivity index (χ0) is 32.7. The lowest BCUT2D eigenvalue weighted by Gasteiger charge is -2.05. The first-order chi connectivity index (χ1) is 22.7. The summed E-state index contributed by atoms with van der Waals surface area (Å²) in [6, 6.07) is 22.9. The maximum Gasteiger partial charge on any atom is 0.307 e. The maximum atomic E-state index is 12.7. The Labute approximate surface area is 282 Å². The van der Waals surface area contributed by atoms with E-state index in [4.69, 9.17) is 0 Å². The molecule has 11 heteroatoms. The Bertz CT molecular complexity index is 1890. The van der Waals surface area contributed by atoms with Gasteiger partial charge in [-0.15, -0.1) is 34.0 Å². The molecule has 7 rings (SSSR count). The van der Waals surface area contributed by atoms with Gasteiger partial charge >= 0.3 is 11.9 Å². The van der Waals surface area contributed by atoms with Gasteiger partial charge in [0.25, 0.3) is 11.8 Å². The van der Waals surface area contributed by atoms with E-state index in [0.29, 0.717) is 22.3 Å². The molecular formula is C36H30N2O6S3. The van der Waals surface area contributed by atoms with Gasteiger partial charge in [-0.1, -0.05) is 24.3 Å². The van der Waals surface area contributed by atoms with Crippen LogP contribution in [0.3, 0.4) is 0 Å². The number of benzene rings is 2. The van der Waals surface area contributed by atoms with E-state index in [-0.39, 0.29) is 36.7 Å². The van der Waals surface area contributed by atoms with Crippen LogP contribution in [0.25, 0.3) is 40.4 Å². The molecule has 5 aromatic rings. The molecule has 47 heavy (non-hydrogen) atoms. The van der Waals surface area contributed by atoms with Gasteiger partial charge in [-0.2, -0.15) is 0 Å². The monoisotopic (exact) mass is 682 g/mol. The summed E-state index contributed by atoms with van der Waals surface area (Å²) in [6.07, 6.45) is 3.68. The Hall–Kier alpha value is -4.58. The van der Waals surface area contributed by atoms with Gasteiger partial charge in [0.2, 0.25) is 0 Å². The number of carboxylic acids is 2. The average Bonchev–Trinajstić information content (AvgIpc) is 3.90. The van der Waals surface area contributed by atoms with Gasteiger partial charge in [-0.3, -0.25) is 19.2 Å². The van der Waals surface area contributed by atoms with Crippen LogP contribution >= 0.6 is 34.0 Å². The Morgan fingerprint density at radius 3 is 1.38 bits per heavy atom. The van der Waals surface area contributed by atoms with Crippen LogP contribution in [0.15, 0.2) is 72.8 Å². The molecule has 8 nitrogen and oxygen atoms in total. The Kier molecular flexibility index (Phi) is 8.52. The molecule has 0 atom stereocenters. The van der Waals surface area contributed by atoms with Gasteiger partial charge in [0.15, 0.2) is 0 Å². The van der Waals surface area contributed by atoms with Gasteiger partial charge in [0, 0.05) is 52.5 Å². The predicted molar refractivity (Wildman–Crippen MR) is 185 cm³/mol. The van der Waals surface area contributed by atoms with Crippen LogP contribution in [0.1, 0.15) is 57.5 Å². The maximum absolute atomic E-state index is 12.7. The third-order valence-electron chi connectivity index (χ3n) is 8.00. The summed E-state index contributed by atoms with van der Waals surface area (Å²) in [6.45, 7) is 0. The van der Waals surface area contributed by atoms with Crippen LogP contribution in [0.5, 0.6) is 0 Å². The van der Waals surface area contributed by atoms with E-state index in [0.717, 1.165) is 66.1 Å². The van der Waals surface area contributed by atoms with Crippen LogP contribution < -0.4 is 10.6 Å². The van der Waals surface area contributed by atoms with Gasteiger partial charge < -0.3 is 20.8 Å². The second kappa shape index (κ2) is 12.9. The van der Waals surface area contributed by atoms with Crippen molar-refractivity contribution in [1.29, 1.82) is 0 Å². The number of carbonyl (C=O) groups excluding carboxylic acids is 2. The minimum absolute atomic E-state index is 0.111. The summed E-state index contributed by atoms with van der Waals surface area (Å²) in [5, 5.41) is 25.5. The SMILES string of the molecule is O=C(O)Cc1cc(-c2cccc(C(=O)NC3CC3)c2)sc1-c1ccc(-c2sc(-c3cccc(C(=O)NC4CC4)c3)cc2CC(=O)O)s1. The summed E-state index contributed by atoms with van der Waals surface area (Å²) in [5.41, 5.74) is 4.17. The van der Waals surface area contributed by atoms with Crippen molar-refractivity contribution in [2.45, 2.75) is 50.6 Å². The molecule has 0 unspecified atom stereocenters. The number of rotatable bonds is 12. The summed E-state index contributed by atoms with van der Waals surface area (Å²) >= 11 is 4.45. The highest BCUT2D eigenvalue weighted by atomic mass is 32.1. The van der Waals surface area contributed by atoms with Gasteiger partial charge in [0.05, 0.1) is 12.8 Å². The lowest BCUT2D eigenvalue weighted by molar-refractivity contribution is -0.137. The molecule has 3 aromatic heterocycles. The van der Waals surface area contributed by atoms with E-state index >= 15 is 0 Å². The second-order valence-electron chi connectivity index (χ2n) is 11.9. The quantitative estimate of drug-likeness (QED) is 0.107. The number of aliphatic carboxylic acids is 2. The van der Waals surface area contributed by atoms with E-state index in [2.05, 4.69) is 10.6 Å². The van der Waals surface area contributed by atoms with E-state index in [1.165, 1.54) is 34.0 Å². The standard InChI is InChI=1S/C36H30N2O6S3/c39-31(40)17-23-15-29(19-3-1-5-21(13-19)35(43)37-25-7-8-25)46-33(23)27-11-12-28(45-27)34-24(18-32(41)42)16-30(47-34)20-4-2-6-22(14-20)36(44)38-26-9-10-26/h1-6,11-16,25-26H,7-10,17-18H2,(H,37,43)(H,38,44)(H,39,40)(H,41,42). The highest BCUT2D eigenvalue weighted by Gasteiger charge is 2.26. The molecule has 2 aliphatic carbocycles. The fourth-order valence-corrected chi connectivity index (χ4v) is 9.00. The molecule has 4 N–H and O–H groups in total. The molecule has 2 aliphatic rings. The van der Waals surface area contributed by atoms with E-state index in [9.17, 15) is 29.4 Å². The second-order valence-corrected chi connectivity index (χ2v) is 15.1. The fraction of sp³-hybridized carbons (Fsp3) is 0.222. The first-order valence-electron chi connectivity index (χ1n) is 15.3. The van der Waals surface area contributed by atoms with Crippen molar-refractivity contribution in [1.82, 2.24) is 10.6 Å². The first kappa shape index (κ1) is 31.0. The van der Waals surface area contributed by atoms with Crippen molar-refractivity contribution in [3.8, 4) is 40.4 Å². The number of hydrogen-bond donors (Lipinski definition) is 4. The number of carbonyl (C=O) groups is 4. The fourth-order valence-electron chi connectivity index (χ4n) is 5.35. The van der Waals surface area contributed by atoms with E-state index < -0.39 is 11.9 Å². The van der Waals surface area contributed by atoms with Gasteiger partial charge in [0.1, 0.15) is 0 Å². The molecule has 2 aromatic carbocycles. The summed E-state index contributed by atoms with van der Waals surface area (Å²) in [5.74, 6) is -2.10. The molecule has 2 amide bonds. The van der Waals surface area contributed by atoms with Crippen LogP contribution in [0.2, 0.25) is 0 Å². The number of carboxylic acid groups (broad SMARTS) is 2. The minimum atomic E-state index is -0.940. The molecule has 2 fully saturated rings. The third kappa shape index (κ3) is 7.22. The highest BCUT2D eigenvalue weighted by Crippen LogP contribution is 2.47.